The summed E-state index contributed by atoms with van der Waals surface area (Å²) in [6, 6.07) is 8.97. The van der Waals surface area contributed by atoms with Crippen molar-refractivity contribution in [1.29, 1.82) is 0 Å². The third-order valence-electron chi connectivity index (χ3n) is 7.52. The Balaban J connectivity index is 1.31. The Morgan fingerprint density at radius 2 is 2.00 bits per heavy atom. The number of pyridine rings is 1. The first-order valence-corrected chi connectivity index (χ1v) is 14.0. The number of anilines is 1. The molecular weight excluding hydrogens is 508 g/mol. The first-order valence-electron chi connectivity index (χ1n) is 12.6. The lowest BCUT2D eigenvalue weighted by molar-refractivity contribution is -0.144. The first-order chi connectivity index (χ1) is 18.2. The van der Waals surface area contributed by atoms with Gasteiger partial charge in [0.1, 0.15) is 16.4 Å². The molecule has 202 valence electrons. The van der Waals surface area contributed by atoms with E-state index in [1.807, 2.05) is 33.9 Å². The highest BCUT2D eigenvalue weighted by Crippen LogP contribution is 2.28. The van der Waals surface area contributed by atoms with Crippen molar-refractivity contribution in [3.63, 3.8) is 0 Å². The van der Waals surface area contributed by atoms with E-state index in [1.54, 1.807) is 30.8 Å². The minimum absolute atomic E-state index is 0.137. The molecule has 5 rings (SSSR count). The molecule has 1 saturated heterocycles. The number of hydrogen-bond acceptors (Lipinski definition) is 7. The van der Waals surface area contributed by atoms with Gasteiger partial charge in [0.05, 0.1) is 19.6 Å². The quantitative estimate of drug-likeness (QED) is 0.453. The van der Waals surface area contributed by atoms with Crippen molar-refractivity contribution in [2.75, 3.05) is 31.6 Å². The second-order valence-corrected chi connectivity index (χ2v) is 11.6. The molecule has 2 aliphatic rings. The fourth-order valence-corrected chi connectivity index (χ4v) is 6.89. The van der Waals surface area contributed by atoms with E-state index >= 15 is 0 Å². The smallest absolute Gasteiger partial charge is 0.310 e. The van der Waals surface area contributed by atoms with Crippen molar-refractivity contribution in [3.05, 3.63) is 65.4 Å². The molecule has 0 saturated carbocycles. The maximum absolute atomic E-state index is 13.5. The molecule has 38 heavy (non-hydrogen) atoms. The Morgan fingerprint density at radius 3 is 2.79 bits per heavy atom. The Bertz CT molecular complexity index is 1480. The van der Waals surface area contributed by atoms with E-state index in [-0.39, 0.29) is 34.9 Å². The maximum Gasteiger partial charge on any atom is 0.310 e. The standard InChI is InChI=1S/C26H32N6O5S/c1-18-23(38(35,36)32-13-12-30-10-5-7-21(30)17-32)14-22(29(18)2)25(33)28-15-19-6-4-9-27-24(19)31-11-8-20(16-31)26(34)37-3/h4-7,9-10,14,20H,8,11-13,15-17H2,1-3H3,(H,28,33). The van der Waals surface area contributed by atoms with Crippen LogP contribution < -0.4 is 10.2 Å². The number of ether oxygens (including phenoxy) is 1. The van der Waals surface area contributed by atoms with Crippen molar-refractivity contribution >= 4 is 27.7 Å². The number of nitrogens with zero attached hydrogens (tertiary/aromatic N) is 5. The zero-order valence-corrected chi connectivity index (χ0v) is 22.6. The molecule has 5 heterocycles. The summed E-state index contributed by atoms with van der Waals surface area (Å²) in [5.74, 6) is -0.115. The van der Waals surface area contributed by atoms with E-state index in [4.69, 9.17) is 4.74 Å². The lowest BCUT2D eigenvalue weighted by atomic mass is 10.1. The summed E-state index contributed by atoms with van der Waals surface area (Å²) >= 11 is 0. The Labute approximate surface area is 222 Å². The largest absolute Gasteiger partial charge is 0.469 e. The molecule has 1 unspecified atom stereocenters. The number of hydrogen-bond donors (Lipinski definition) is 1. The number of aromatic nitrogens is 3. The Kier molecular flexibility index (Phi) is 7.01. The van der Waals surface area contributed by atoms with Gasteiger partial charge in [-0.05, 0) is 37.6 Å². The minimum Gasteiger partial charge on any atom is -0.469 e. The summed E-state index contributed by atoms with van der Waals surface area (Å²) in [6.45, 7) is 4.34. The van der Waals surface area contributed by atoms with Gasteiger partial charge in [-0.15, -0.1) is 0 Å². The number of amides is 1. The van der Waals surface area contributed by atoms with Crippen LogP contribution in [0.4, 0.5) is 5.82 Å². The van der Waals surface area contributed by atoms with Gasteiger partial charge in [-0.3, -0.25) is 9.59 Å². The molecule has 3 aromatic heterocycles. The van der Waals surface area contributed by atoms with Crippen molar-refractivity contribution in [2.45, 2.75) is 37.9 Å². The van der Waals surface area contributed by atoms with Crippen molar-refractivity contribution in [1.82, 2.24) is 23.7 Å². The molecule has 12 heteroatoms. The van der Waals surface area contributed by atoms with Crippen LogP contribution >= 0.6 is 0 Å². The summed E-state index contributed by atoms with van der Waals surface area (Å²) in [6.07, 6.45) is 4.31. The molecule has 11 nitrogen and oxygen atoms in total. The van der Waals surface area contributed by atoms with Gasteiger partial charge in [-0.2, -0.15) is 4.31 Å². The molecule has 1 amide bonds. The zero-order valence-electron chi connectivity index (χ0n) is 21.8. The van der Waals surface area contributed by atoms with Gasteiger partial charge in [0.15, 0.2) is 0 Å². The van der Waals surface area contributed by atoms with Crippen LogP contribution in [-0.2, 0) is 46.2 Å². The van der Waals surface area contributed by atoms with Crippen LogP contribution in [-0.4, -0.2) is 65.5 Å². The van der Waals surface area contributed by atoms with Gasteiger partial charge in [0.2, 0.25) is 10.0 Å². The van der Waals surface area contributed by atoms with Crippen LogP contribution in [0.2, 0.25) is 0 Å². The summed E-state index contributed by atoms with van der Waals surface area (Å²) in [4.78, 5) is 31.8. The van der Waals surface area contributed by atoms with E-state index in [2.05, 4.69) is 10.3 Å². The number of nitrogens with one attached hydrogen (secondary N) is 1. The van der Waals surface area contributed by atoms with Crippen molar-refractivity contribution < 1.29 is 22.7 Å². The van der Waals surface area contributed by atoms with Gasteiger partial charge >= 0.3 is 5.97 Å². The highest BCUT2D eigenvalue weighted by Gasteiger charge is 2.33. The van der Waals surface area contributed by atoms with E-state index in [0.717, 1.165) is 11.3 Å². The van der Waals surface area contributed by atoms with Crippen LogP contribution in [0.5, 0.6) is 0 Å². The molecule has 0 aromatic carbocycles. The van der Waals surface area contributed by atoms with Crippen LogP contribution in [0, 0.1) is 12.8 Å². The number of carbonyl (C=O) groups is 2. The molecular formula is C26H32N6O5S. The third-order valence-corrected chi connectivity index (χ3v) is 9.48. The zero-order chi connectivity index (χ0) is 27.0. The van der Waals surface area contributed by atoms with Gasteiger partial charge in [-0.25, -0.2) is 13.4 Å². The summed E-state index contributed by atoms with van der Waals surface area (Å²) < 4.78 is 37.0. The second-order valence-electron chi connectivity index (χ2n) is 9.69. The fourth-order valence-electron chi connectivity index (χ4n) is 5.22. The fraction of sp³-hybridized carbons (Fsp3) is 0.423. The van der Waals surface area contributed by atoms with Crippen LogP contribution in [0.25, 0.3) is 0 Å². The molecule has 1 N–H and O–H groups in total. The van der Waals surface area contributed by atoms with Crippen LogP contribution in [0.1, 0.15) is 33.9 Å². The van der Waals surface area contributed by atoms with Gasteiger partial charge < -0.3 is 24.1 Å². The topological polar surface area (TPSA) is 119 Å². The lowest BCUT2D eigenvalue weighted by Crippen LogP contribution is -2.38. The molecule has 1 atom stereocenters. The van der Waals surface area contributed by atoms with Crippen molar-refractivity contribution in [3.8, 4) is 0 Å². The number of rotatable bonds is 7. The highest BCUT2D eigenvalue weighted by molar-refractivity contribution is 7.89. The van der Waals surface area contributed by atoms with Crippen molar-refractivity contribution in [2.24, 2.45) is 13.0 Å². The number of methoxy groups -OCH3 is 1. The summed E-state index contributed by atoms with van der Waals surface area (Å²) in [5, 5.41) is 2.92. The molecule has 0 aliphatic carbocycles. The number of sulfonamides is 1. The minimum atomic E-state index is -3.78. The van der Waals surface area contributed by atoms with Crippen LogP contribution in [0.15, 0.2) is 47.6 Å². The van der Waals surface area contributed by atoms with E-state index in [0.29, 0.717) is 50.7 Å². The van der Waals surface area contributed by atoms with Gasteiger partial charge in [0, 0.05) is 69.1 Å². The normalized spacial score (nSPS) is 17.9. The first kappa shape index (κ1) is 26.0. The molecule has 3 aromatic rings. The Hall–Kier alpha value is -3.64. The predicted octanol–water partition coefficient (Wildman–Crippen LogP) is 1.66. The van der Waals surface area contributed by atoms with Crippen LogP contribution in [0.3, 0.4) is 0 Å². The molecule has 1 fully saturated rings. The Morgan fingerprint density at radius 1 is 1.18 bits per heavy atom. The highest BCUT2D eigenvalue weighted by atomic mass is 32.2. The number of carbonyl (C=O) groups excluding carboxylic acids is 2. The number of esters is 1. The average molecular weight is 541 g/mol. The summed E-state index contributed by atoms with van der Waals surface area (Å²) in [7, 11) is -0.703. The average Bonchev–Trinajstić information content (AvgIpc) is 3.66. The third kappa shape index (κ3) is 4.69. The van der Waals surface area contributed by atoms with E-state index < -0.39 is 10.0 Å². The van der Waals surface area contributed by atoms with E-state index in [9.17, 15) is 18.0 Å². The molecule has 0 radical (unpaired) electrons. The van der Waals surface area contributed by atoms with Gasteiger partial charge in [-0.1, -0.05) is 6.07 Å². The molecule has 0 spiro atoms. The second kappa shape index (κ2) is 10.3. The maximum atomic E-state index is 13.5. The SMILES string of the molecule is COC(=O)C1CCN(c2ncccc2CNC(=O)c2cc(S(=O)(=O)N3CCn4cccc4C3)c(C)n2C)C1. The van der Waals surface area contributed by atoms with Gasteiger partial charge in [0.25, 0.3) is 5.91 Å². The summed E-state index contributed by atoms with van der Waals surface area (Å²) in [5.41, 5.74) is 2.51. The predicted molar refractivity (Wildman–Crippen MR) is 140 cm³/mol. The molecule has 2 aliphatic heterocycles. The van der Waals surface area contributed by atoms with E-state index in [1.165, 1.54) is 17.5 Å². The number of fused-ring (bicyclic) bond motifs is 1. The lowest BCUT2D eigenvalue weighted by Gasteiger charge is -2.27. The monoisotopic (exact) mass is 540 g/mol. The molecule has 0 bridgehead atoms.